The first kappa shape index (κ1) is 9.27. The molecular weight excluding hydrogens is 146 g/mol. The fraction of sp³-hybridized carbons (Fsp3) is 0.455. The molecule has 2 N–H and O–H groups in total. The fourth-order valence-electron chi connectivity index (χ4n) is 1.29. The number of rotatable bonds is 3. The lowest BCUT2D eigenvalue weighted by Gasteiger charge is -2.10. The molecule has 0 aliphatic rings. The van der Waals surface area contributed by atoms with Crippen LogP contribution in [0.4, 0.5) is 0 Å². The van der Waals surface area contributed by atoms with E-state index in [0.717, 1.165) is 12.8 Å². The summed E-state index contributed by atoms with van der Waals surface area (Å²) in [6, 6.07) is 8.69. The molecule has 1 aromatic carbocycles. The number of hydrogen-bond acceptors (Lipinski definition) is 1. The van der Waals surface area contributed by atoms with E-state index in [1.807, 2.05) is 0 Å². The largest absolute Gasteiger partial charge is 0.324 e. The van der Waals surface area contributed by atoms with Crippen molar-refractivity contribution in [2.24, 2.45) is 5.73 Å². The van der Waals surface area contributed by atoms with Crippen LogP contribution in [0.1, 0.15) is 36.9 Å². The lowest BCUT2D eigenvalue weighted by atomic mass is 10.0. The van der Waals surface area contributed by atoms with Crippen molar-refractivity contribution in [3.63, 3.8) is 0 Å². The van der Waals surface area contributed by atoms with Crippen LogP contribution in [0.3, 0.4) is 0 Å². The van der Waals surface area contributed by atoms with Gasteiger partial charge < -0.3 is 5.73 Å². The first-order chi connectivity index (χ1) is 5.74. The van der Waals surface area contributed by atoms with Crippen molar-refractivity contribution < 1.29 is 0 Å². The van der Waals surface area contributed by atoms with E-state index in [4.69, 9.17) is 5.73 Å². The van der Waals surface area contributed by atoms with E-state index in [1.165, 1.54) is 11.1 Å². The summed E-state index contributed by atoms with van der Waals surface area (Å²) >= 11 is 0. The lowest BCUT2D eigenvalue weighted by Crippen LogP contribution is -2.09. The minimum atomic E-state index is 0.218. The van der Waals surface area contributed by atoms with E-state index in [9.17, 15) is 0 Å². The lowest BCUT2D eigenvalue weighted by molar-refractivity contribution is 0.638. The Balaban J connectivity index is 2.68. The Kier molecular flexibility index (Phi) is 3.30. The number of hydrogen-bond donors (Lipinski definition) is 1. The van der Waals surface area contributed by atoms with Crippen LogP contribution in [-0.2, 0) is 0 Å². The van der Waals surface area contributed by atoms with Crippen LogP contribution >= 0.6 is 0 Å². The van der Waals surface area contributed by atoms with Crippen LogP contribution in [0.15, 0.2) is 24.3 Å². The molecule has 66 valence electrons. The molecule has 0 bridgehead atoms. The highest BCUT2D eigenvalue weighted by molar-refractivity contribution is 5.23. The molecule has 0 unspecified atom stereocenters. The summed E-state index contributed by atoms with van der Waals surface area (Å²) in [6.07, 6.45) is 2.22. The van der Waals surface area contributed by atoms with Crippen molar-refractivity contribution in [2.45, 2.75) is 32.7 Å². The number of nitrogens with two attached hydrogens (primary N) is 1. The van der Waals surface area contributed by atoms with E-state index in [2.05, 4.69) is 38.1 Å². The molecular formula is C11H17N. The van der Waals surface area contributed by atoms with Crippen molar-refractivity contribution in [1.29, 1.82) is 0 Å². The molecule has 0 aliphatic carbocycles. The molecule has 0 amide bonds. The second kappa shape index (κ2) is 4.27. The standard InChI is InChI=1S/C11H17N/c1-3-4-11(12)10-7-5-9(2)6-8-10/h5-8,11H,3-4,12H2,1-2H3/t11-/m0/s1. The molecule has 0 spiro atoms. The molecule has 1 atom stereocenters. The van der Waals surface area contributed by atoms with E-state index in [1.54, 1.807) is 0 Å². The van der Waals surface area contributed by atoms with Gasteiger partial charge in [0.2, 0.25) is 0 Å². The van der Waals surface area contributed by atoms with Gasteiger partial charge in [-0.15, -0.1) is 0 Å². The maximum Gasteiger partial charge on any atom is 0.0294 e. The number of benzene rings is 1. The third-order valence-corrected chi connectivity index (χ3v) is 2.11. The van der Waals surface area contributed by atoms with Gasteiger partial charge in [0.25, 0.3) is 0 Å². The zero-order valence-electron chi connectivity index (χ0n) is 7.88. The van der Waals surface area contributed by atoms with Crippen LogP contribution in [0.5, 0.6) is 0 Å². The summed E-state index contributed by atoms with van der Waals surface area (Å²) in [7, 11) is 0. The predicted octanol–water partition coefficient (Wildman–Crippen LogP) is 2.79. The van der Waals surface area contributed by atoms with E-state index < -0.39 is 0 Å². The van der Waals surface area contributed by atoms with E-state index in [0.29, 0.717) is 0 Å². The van der Waals surface area contributed by atoms with Crippen molar-refractivity contribution in [3.05, 3.63) is 35.4 Å². The molecule has 1 aromatic rings. The van der Waals surface area contributed by atoms with Crippen molar-refractivity contribution >= 4 is 0 Å². The topological polar surface area (TPSA) is 26.0 Å². The molecule has 12 heavy (non-hydrogen) atoms. The molecule has 1 rings (SSSR count). The normalized spacial score (nSPS) is 12.9. The average molecular weight is 163 g/mol. The van der Waals surface area contributed by atoms with Crippen molar-refractivity contribution in [1.82, 2.24) is 0 Å². The summed E-state index contributed by atoms with van der Waals surface area (Å²) in [4.78, 5) is 0. The van der Waals surface area contributed by atoms with Gasteiger partial charge in [-0.05, 0) is 18.9 Å². The summed E-state index contributed by atoms with van der Waals surface area (Å²) in [6.45, 7) is 4.25. The first-order valence-corrected chi connectivity index (χ1v) is 4.56. The minimum Gasteiger partial charge on any atom is -0.324 e. The third kappa shape index (κ3) is 2.35. The molecule has 1 nitrogen and oxygen atoms in total. The molecule has 0 aliphatic heterocycles. The molecule has 0 heterocycles. The van der Waals surface area contributed by atoms with Gasteiger partial charge in [-0.1, -0.05) is 43.2 Å². The highest BCUT2D eigenvalue weighted by Crippen LogP contribution is 2.15. The van der Waals surface area contributed by atoms with E-state index in [-0.39, 0.29) is 6.04 Å². The van der Waals surface area contributed by atoms with Crippen LogP contribution in [0.2, 0.25) is 0 Å². The summed E-state index contributed by atoms with van der Waals surface area (Å²) in [5.41, 5.74) is 8.50. The highest BCUT2D eigenvalue weighted by atomic mass is 14.6. The molecule has 0 saturated carbocycles. The van der Waals surface area contributed by atoms with Crippen LogP contribution in [0.25, 0.3) is 0 Å². The summed E-state index contributed by atoms with van der Waals surface area (Å²) < 4.78 is 0. The maximum atomic E-state index is 5.96. The predicted molar refractivity (Wildman–Crippen MR) is 53.0 cm³/mol. The SMILES string of the molecule is CCC[C@H](N)c1ccc(C)cc1. The van der Waals surface area contributed by atoms with Gasteiger partial charge in [-0.2, -0.15) is 0 Å². The first-order valence-electron chi connectivity index (χ1n) is 4.56. The van der Waals surface area contributed by atoms with Gasteiger partial charge in [0.15, 0.2) is 0 Å². The molecule has 0 aromatic heterocycles. The highest BCUT2D eigenvalue weighted by Gasteiger charge is 2.02. The summed E-state index contributed by atoms with van der Waals surface area (Å²) in [5, 5.41) is 0. The zero-order valence-corrected chi connectivity index (χ0v) is 7.88. The van der Waals surface area contributed by atoms with E-state index >= 15 is 0 Å². The van der Waals surface area contributed by atoms with Gasteiger partial charge >= 0.3 is 0 Å². The Morgan fingerprint density at radius 1 is 1.25 bits per heavy atom. The fourth-order valence-corrected chi connectivity index (χ4v) is 1.29. The van der Waals surface area contributed by atoms with Crippen LogP contribution in [0, 0.1) is 6.92 Å². The third-order valence-electron chi connectivity index (χ3n) is 2.11. The monoisotopic (exact) mass is 163 g/mol. The quantitative estimate of drug-likeness (QED) is 0.728. The Morgan fingerprint density at radius 3 is 2.33 bits per heavy atom. The number of aryl methyl sites for hydroxylation is 1. The minimum absolute atomic E-state index is 0.218. The van der Waals surface area contributed by atoms with Gasteiger partial charge in [-0.25, -0.2) is 0 Å². The maximum absolute atomic E-state index is 5.96. The van der Waals surface area contributed by atoms with Gasteiger partial charge in [-0.3, -0.25) is 0 Å². The van der Waals surface area contributed by atoms with Gasteiger partial charge in [0, 0.05) is 6.04 Å². The van der Waals surface area contributed by atoms with Gasteiger partial charge in [0.1, 0.15) is 0 Å². The van der Waals surface area contributed by atoms with Crippen LogP contribution < -0.4 is 5.73 Å². The second-order valence-electron chi connectivity index (χ2n) is 3.31. The second-order valence-corrected chi connectivity index (χ2v) is 3.31. The average Bonchev–Trinajstić information content (AvgIpc) is 2.06. The Morgan fingerprint density at radius 2 is 1.83 bits per heavy atom. The smallest absolute Gasteiger partial charge is 0.0294 e. The summed E-state index contributed by atoms with van der Waals surface area (Å²) in [5.74, 6) is 0. The molecule has 0 saturated heterocycles. The Bertz CT molecular complexity index is 225. The zero-order chi connectivity index (χ0) is 8.97. The molecule has 0 fully saturated rings. The van der Waals surface area contributed by atoms with Gasteiger partial charge in [0.05, 0.1) is 0 Å². The Labute approximate surface area is 74.6 Å². The molecule has 0 radical (unpaired) electrons. The Hall–Kier alpha value is -0.820. The van der Waals surface area contributed by atoms with Crippen LogP contribution in [-0.4, -0.2) is 0 Å². The molecule has 1 heteroatoms. The van der Waals surface area contributed by atoms with Crippen molar-refractivity contribution in [3.8, 4) is 0 Å². The van der Waals surface area contributed by atoms with Crippen molar-refractivity contribution in [2.75, 3.05) is 0 Å².